The van der Waals surface area contributed by atoms with E-state index < -0.39 is 0 Å². The van der Waals surface area contributed by atoms with Gasteiger partial charge >= 0.3 is 0 Å². The summed E-state index contributed by atoms with van der Waals surface area (Å²) in [5.74, 6) is 0.258. The van der Waals surface area contributed by atoms with Crippen molar-refractivity contribution in [3.05, 3.63) is 48.5 Å². The molecule has 128 valence electrons. The molecule has 2 aromatic rings. The maximum atomic E-state index is 12.6. The van der Waals surface area contributed by atoms with E-state index >= 15 is 0 Å². The van der Waals surface area contributed by atoms with E-state index in [0.717, 1.165) is 32.6 Å². The van der Waals surface area contributed by atoms with E-state index in [4.69, 9.17) is 0 Å². The third kappa shape index (κ3) is 4.20. The average molecular weight is 327 g/mol. The number of carbonyl (C=O) groups is 1. The first-order valence-corrected chi connectivity index (χ1v) is 8.64. The smallest absolute Gasteiger partial charge is 0.224 e. The van der Waals surface area contributed by atoms with Crippen LogP contribution in [-0.4, -0.2) is 56.1 Å². The molecule has 6 nitrogen and oxygen atoms in total. The third-order valence-electron chi connectivity index (χ3n) is 4.65. The Morgan fingerprint density at radius 2 is 2.04 bits per heavy atom. The van der Waals surface area contributed by atoms with Crippen LogP contribution in [-0.2, 0) is 17.9 Å². The number of aromatic nitrogens is 3. The van der Waals surface area contributed by atoms with Gasteiger partial charge in [-0.1, -0.05) is 37.3 Å². The van der Waals surface area contributed by atoms with Crippen molar-refractivity contribution in [3.63, 3.8) is 0 Å². The lowest BCUT2D eigenvalue weighted by Gasteiger charge is -2.31. The summed E-state index contributed by atoms with van der Waals surface area (Å²) in [6.45, 7) is 6.31. The summed E-state index contributed by atoms with van der Waals surface area (Å²) in [6, 6.07) is 10.5. The van der Waals surface area contributed by atoms with Crippen LogP contribution in [0.25, 0.3) is 0 Å². The van der Waals surface area contributed by atoms with Gasteiger partial charge in [0.15, 0.2) is 0 Å². The third-order valence-corrected chi connectivity index (χ3v) is 4.65. The molecule has 0 unspecified atom stereocenters. The molecule has 1 fully saturated rings. The minimum Gasteiger partial charge on any atom is -0.334 e. The van der Waals surface area contributed by atoms with Gasteiger partial charge in [-0.2, -0.15) is 5.10 Å². The molecule has 1 aliphatic heterocycles. The molecule has 1 aromatic carbocycles. The fraction of sp³-hybridized carbons (Fsp3) is 0.500. The Bertz CT molecular complexity index is 628. The fourth-order valence-electron chi connectivity index (χ4n) is 3.23. The van der Waals surface area contributed by atoms with Crippen LogP contribution >= 0.6 is 0 Å². The van der Waals surface area contributed by atoms with E-state index in [-0.39, 0.29) is 11.9 Å². The second-order valence-electron chi connectivity index (χ2n) is 6.28. The number of rotatable bonds is 6. The van der Waals surface area contributed by atoms with Crippen LogP contribution in [0.2, 0.25) is 0 Å². The zero-order valence-corrected chi connectivity index (χ0v) is 14.2. The van der Waals surface area contributed by atoms with E-state index in [2.05, 4.69) is 38.9 Å². The molecular weight excluding hydrogens is 302 g/mol. The molecule has 0 N–H and O–H groups in total. The van der Waals surface area contributed by atoms with Gasteiger partial charge in [0.25, 0.3) is 0 Å². The second-order valence-corrected chi connectivity index (χ2v) is 6.28. The van der Waals surface area contributed by atoms with Crippen LogP contribution in [0.3, 0.4) is 0 Å². The van der Waals surface area contributed by atoms with E-state index in [1.54, 1.807) is 12.7 Å². The maximum absolute atomic E-state index is 12.6. The number of amides is 1. The average Bonchev–Trinajstić information content (AvgIpc) is 3.08. The normalized spacial score (nSPS) is 19.5. The highest BCUT2D eigenvalue weighted by Crippen LogP contribution is 2.17. The molecule has 1 amide bonds. The topological polar surface area (TPSA) is 54.3 Å². The molecule has 24 heavy (non-hydrogen) atoms. The minimum absolute atomic E-state index is 0.258. The molecule has 1 aromatic heterocycles. The predicted octanol–water partition coefficient (Wildman–Crippen LogP) is 1.79. The Morgan fingerprint density at radius 1 is 1.21 bits per heavy atom. The lowest BCUT2D eigenvalue weighted by Crippen LogP contribution is -2.42. The van der Waals surface area contributed by atoms with Gasteiger partial charge in [-0.3, -0.25) is 14.4 Å². The lowest BCUT2D eigenvalue weighted by atomic mass is 10.1. The molecule has 2 heterocycles. The van der Waals surface area contributed by atoms with E-state index in [9.17, 15) is 4.79 Å². The summed E-state index contributed by atoms with van der Waals surface area (Å²) < 4.78 is 1.84. The zero-order chi connectivity index (χ0) is 16.8. The molecule has 0 spiro atoms. The molecule has 6 heteroatoms. The van der Waals surface area contributed by atoms with Gasteiger partial charge < -0.3 is 4.90 Å². The van der Waals surface area contributed by atoms with Crippen LogP contribution in [0.4, 0.5) is 0 Å². The summed E-state index contributed by atoms with van der Waals surface area (Å²) in [5.41, 5.74) is 1.19. The molecular formula is C18H25N5O. The largest absolute Gasteiger partial charge is 0.334 e. The van der Waals surface area contributed by atoms with Crippen molar-refractivity contribution in [2.45, 2.75) is 38.9 Å². The van der Waals surface area contributed by atoms with Crippen molar-refractivity contribution in [2.24, 2.45) is 0 Å². The number of carbonyl (C=O) groups excluding carboxylic acids is 1. The number of hydrogen-bond donors (Lipinski definition) is 0. The van der Waals surface area contributed by atoms with Crippen LogP contribution in [0.5, 0.6) is 0 Å². The van der Waals surface area contributed by atoms with Gasteiger partial charge in [-0.25, -0.2) is 4.98 Å². The second kappa shape index (κ2) is 8.06. The monoisotopic (exact) mass is 327 g/mol. The highest BCUT2D eigenvalue weighted by Gasteiger charge is 2.28. The Labute approximate surface area is 143 Å². The summed E-state index contributed by atoms with van der Waals surface area (Å²) in [4.78, 5) is 21.0. The van der Waals surface area contributed by atoms with E-state index in [1.807, 2.05) is 22.9 Å². The van der Waals surface area contributed by atoms with Crippen molar-refractivity contribution in [3.8, 4) is 0 Å². The Morgan fingerprint density at radius 3 is 2.75 bits per heavy atom. The zero-order valence-electron chi connectivity index (χ0n) is 14.2. The first-order valence-electron chi connectivity index (χ1n) is 8.64. The standard InChI is InChI=1S/C18H25N5O/c1-2-17-13-21(10-11-22-15-19-14-20-22)9-8-18(24)23(17)12-16-6-4-3-5-7-16/h3-7,14-15,17H,2,8-13H2,1H3/t17-/m1/s1. The van der Waals surface area contributed by atoms with Gasteiger partial charge in [0.2, 0.25) is 5.91 Å². The van der Waals surface area contributed by atoms with Gasteiger partial charge in [0.05, 0.1) is 6.54 Å². The lowest BCUT2D eigenvalue weighted by molar-refractivity contribution is -0.133. The number of hydrogen-bond acceptors (Lipinski definition) is 4. The van der Waals surface area contributed by atoms with Crippen molar-refractivity contribution >= 4 is 5.91 Å². The van der Waals surface area contributed by atoms with Crippen LogP contribution in [0.15, 0.2) is 43.0 Å². The highest BCUT2D eigenvalue weighted by atomic mass is 16.2. The Balaban J connectivity index is 1.64. The van der Waals surface area contributed by atoms with Gasteiger partial charge in [0, 0.05) is 38.6 Å². The summed E-state index contributed by atoms with van der Waals surface area (Å²) in [6.07, 6.45) is 4.85. The van der Waals surface area contributed by atoms with Gasteiger partial charge in [-0.05, 0) is 12.0 Å². The molecule has 0 aliphatic carbocycles. The summed E-state index contributed by atoms with van der Waals surface area (Å²) in [5, 5.41) is 4.15. The highest BCUT2D eigenvalue weighted by molar-refractivity contribution is 5.77. The predicted molar refractivity (Wildman–Crippen MR) is 92.2 cm³/mol. The van der Waals surface area contributed by atoms with Crippen molar-refractivity contribution in [1.29, 1.82) is 0 Å². The molecule has 0 saturated carbocycles. The van der Waals surface area contributed by atoms with Gasteiger partial charge in [0.1, 0.15) is 12.7 Å². The fourth-order valence-corrected chi connectivity index (χ4v) is 3.23. The van der Waals surface area contributed by atoms with Crippen molar-refractivity contribution in [1.82, 2.24) is 24.6 Å². The molecule has 1 atom stereocenters. The summed E-state index contributed by atoms with van der Waals surface area (Å²) >= 11 is 0. The first kappa shape index (κ1) is 16.6. The Kier molecular flexibility index (Phi) is 5.59. The Hall–Kier alpha value is -2.21. The quantitative estimate of drug-likeness (QED) is 0.812. The van der Waals surface area contributed by atoms with Crippen LogP contribution < -0.4 is 0 Å². The molecule has 3 rings (SSSR count). The van der Waals surface area contributed by atoms with Crippen LogP contribution in [0.1, 0.15) is 25.3 Å². The number of nitrogens with zero attached hydrogens (tertiary/aromatic N) is 5. The molecule has 0 radical (unpaired) electrons. The summed E-state index contributed by atoms with van der Waals surface area (Å²) in [7, 11) is 0. The van der Waals surface area contributed by atoms with E-state index in [0.29, 0.717) is 13.0 Å². The van der Waals surface area contributed by atoms with Gasteiger partial charge in [-0.15, -0.1) is 0 Å². The maximum Gasteiger partial charge on any atom is 0.224 e. The minimum atomic E-state index is 0.258. The van der Waals surface area contributed by atoms with E-state index in [1.165, 1.54) is 5.56 Å². The molecule has 0 bridgehead atoms. The SMILES string of the molecule is CC[C@@H]1CN(CCn2cncn2)CCC(=O)N1Cc1ccccc1. The number of benzene rings is 1. The van der Waals surface area contributed by atoms with Crippen molar-refractivity contribution < 1.29 is 4.79 Å². The van der Waals surface area contributed by atoms with Crippen LogP contribution in [0, 0.1) is 0 Å². The molecule has 1 saturated heterocycles. The molecule has 1 aliphatic rings. The van der Waals surface area contributed by atoms with Crippen molar-refractivity contribution in [2.75, 3.05) is 19.6 Å². The first-order chi connectivity index (χ1) is 11.8.